The fourth-order valence-electron chi connectivity index (χ4n) is 11.8. The number of alkyl halides is 4. The van der Waals surface area contributed by atoms with Crippen molar-refractivity contribution in [1.29, 1.82) is 0 Å². The van der Waals surface area contributed by atoms with Crippen LogP contribution in [0.5, 0.6) is 11.5 Å². The van der Waals surface area contributed by atoms with Crippen LogP contribution in [0, 0.1) is 135 Å². The van der Waals surface area contributed by atoms with Gasteiger partial charge in [0.05, 0.1) is 0 Å². The number of hydrogen-bond acceptors (Lipinski definition) is 2. The van der Waals surface area contributed by atoms with Crippen molar-refractivity contribution in [3.63, 3.8) is 0 Å². The highest BCUT2D eigenvalue weighted by Gasteiger charge is 2.43. The molecule has 2 nitrogen and oxygen atoms in total. The summed E-state index contributed by atoms with van der Waals surface area (Å²) in [5.74, 6) is -7.34. The van der Waals surface area contributed by atoms with E-state index in [9.17, 15) is 52.7 Å². The minimum atomic E-state index is -4.34. The molecule has 0 atom stereocenters. The van der Waals surface area contributed by atoms with Crippen LogP contribution in [-0.2, 0) is 31.5 Å². The Bertz CT molecular complexity index is 3670. The second-order valence-corrected chi connectivity index (χ2v) is 23.5. The van der Waals surface area contributed by atoms with Crippen LogP contribution in [0.15, 0.2) is 97.1 Å². The molecule has 0 aromatic heterocycles. The van der Waals surface area contributed by atoms with Crippen molar-refractivity contribution in [2.75, 3.05) is 0 Å². The van der Waals surface area contributed by atoms with Gasteiger partial charge in [0.2, 0.25) is 0 Å². The lowest BCUT2D eigenvalue weighted by atomic mass is 9.79. The second-order valence-electron chi connectivity index (χ2n) is 23.5. The summed E-state index contributed by atoms with van der Waals surface area (Å²) in [5, 5.41) is 0. The van der Waals surface area contributed by atoms with Gasteiger partial charge in [-0.2, -0.15) is 17.6 Å². The van der Waals surface area contributed by atoms with E-state index in [1.165, 1.54) is 75.4 Å². The standard InChI is InChI=1S/2C25H23F5O.C23H28F2/c1-6-17-7-14(3)23(15(4)8-17)18-10-21(27)24(22(28)11-18)25(29,30)31-19-9-13(2)16(5)20(26)12-19;1-6-17-10-21(27)24(22(28)11-17)25(29,30)31-19-8-14(3)23(15(4)9-19)18-7-13(2)16(5)20(26)12-18;1-14-5-7-18(8-6-14)12-19-9-15(2)22(16(3)10-19)20-11-17(4)23(25)21(24)13-20/h2*7-12H,6H2,1-5H3;9-11,13-14,18H,5-8,12H2,1-4H3. The molecule has 0 amide bonds. The highest BCUT2D eigenvalue weighted by molar-refractivity contribution is 5.74. The summed E-state index contributed by atoms with van der Waals surface area (Å²) < 4.78 is 182. The van der Waals surface area contributed by atoms with Crippen molar-refractivity contribution in [3.05, 3.63) is 233 Å². The minimum absolute atomic E-state index is 0.157. The van der Waals surface area contributed by atoms with Crippen LogP contribution >= 0.6 is 0 Å². The van der Waals surface area contributed by atoms with E-state index >= 15 is 0 Å². The molecule has 0 heterocycles. The Labute approximate surface area is 503 Å². The summed E-state index contributed by atoms with van der Waals surface area (Å²) in [7, 11) is 0. The number of aryl methyl sites for hydroxylation is 11. The topological polar surface area (TPSA) is 18.5 Å². The Kier molecular flexibility index (Phi) is 21.0. The molecule has 0 unspecified atom stereocenters. The van der Waals surface area contributed by atoms with Crippen LogP contribution in [0.1, 0.15) is 135 Å². The molecular formula is C73H74F12O2. The number of halogens is 12. The molecule has 0 aliphatic heterocycles. The average molecular weight is 1210 g/mol. The quantitative estimate of drug-likeness (QED) is 0.107. The number of hydrogen-bond donors (Lipinski definition) is 0. The summed E-state index contributed by atoms with van der Waals surface area (Å²) in [6.07, 6.45) is -0.988. The van der Waals surface area contributed by atoms with E-state index in [0.717, 1.165) is 99.5 Å². The Morgan fingerprint density at radius 1 is 0.356 bits per heavy atom. The molecule has 1 aliphatic rings. The van der Waals surface area contributed by atoms with Crippen molar-refractivity contribution in [2.45, 2.75) is 154 Å². The van der Waals surface area contributed by atoms with Crippen LogP contribution in [0.4, 0.5) is 52.7 Å². The molecule has 1 aliphatic carbocycles. The maximum absolute atomic E-state index is 14.8. The van der Waals surface area contributed by atoms with Gasteiger partial charge in [0.25, 0.3) is 0 Å². The monoisotopic (exact) mass is 1210 g/mol. The smallest absolute Gasteiger partial charge is 0.429 e. The summed E-state index contributed by atoms with van der Waals surface area (Å²) in [5.41, 5.74) is 10.9. The van der Waals surface area contributed by atoms with Crippen molar-refractivity contribution in [1.82, 2.24) is 0 Å². The molecule has 1 saturated carbocycles. The molecule has 0 saturated heterocycles. The Morgan fingerprint density at radius 2 is 0.678 bits per heavy atom. The average Bonchev–Trinajstić information content (AvgIpc) is 1.03. The van der Waals surface area contributed by atoms with Gasteiger partial charge in [0.1, 0.15) is 57.5 Å². The molecule has 0 bridgehead atoms. The fourth-order valence-corrected chi connectivity index (χ4v) is 11.8. The Morgan fingerprint density at radius 3 is 1.09 bits per heavy atom. The fraction of sp³-hybridized carbons (Fsp3) is 0.342. The van der Waals surface area contributed by atoms with Gasteiger partial charge in [-0.25, -0.2) is 35.1 Å². The molecule has 14 heteroatoms. The molecule has 462 valence electrons. The Hall–Kier alpha value is -7.48. The van der Waals surface area contributed by atoms with Gasteiger partial charge in [-0.05, 0) is 292 Å². The summed E-state index contributed by atoms with van der Waals surface area (Å²) in [6.45, 7) is 25.2. The third-order valence-corrected chi connectivity index (χ3v) is 16.6. The van der Waals surface area contributed by atoms with Crippen LogP contribution in [-0.4, -0.2) is 0 Å². The first-order valence-corrected chi connectivity index (χ1v) is 29.2. The van der Waals surface area contributed by atoms with E-state index in [-0.39, 0.29) is 28.3 Å². The van der Waals surface area contributed by atoms with Gasteiger partial charge in [-0.15, -0.1) is 0 Å². The van der Waals surface area contributed by atoms with Gasteiger partial charge in [0, 0.05) is 6.07 Å². The van der Waals surface area contributed by atoms with Crippen LogP contribution in [0.2, 0.25) is 0 Å². The van der Waals surface area contributed by atoms with Gasteiger partial charge in [0.15, 0.2) is 11.6 Å². The number of ether oxygens (including phenoxy) is 2. The predicted octanol–water partition coefficient (Wildman–Crippen LogP) is 22.3. The molecule has 8 aromatic rings. The number of rotatable bonds is 13. The van der Waals surface area contributed by atoms with Gasteiger partial charge in [-0.3, -0.25) is 0 Å². The maximum Gasteiger partial charge on any atom is 0.432 e. The molecule has 8 aromatic carbocycles. The van der Waals surface area contributed by atoms with Gasteiger partial charge < -0.3 is 9.47 Å². The van der Waals surface area contributed by atoms with E-state index in [4.69, 9.17) is 4.74 Å². The third kappa shape index (κ3) is 15.4. The van der Waals surface area contributed by atoms with Crippen LogP contribution in [0.3, 0.4) is 0 Å². The molecule has 0 N–H and O–H groups in total. The van der Waals surface area contributed by atoms with Crippen molar-refractivity contribution >= 4 is 0 Å². The molecule has 87 heavy (non-hydrogen) atoms. The van der Waals surface area contributed by atoms with Crippen molar-refractivity contribution in [3.8, 4) is 44.9 Å². The van der Waals surface area contributed by atoms with E-state index < -0.39 is 69.8 Å². The molecule has 0 spiro atoms. The first kappa shape index (κ1) is 67.0. The normalized spacial score (nSPS) is 14.3. The van der Waals surface area contributed by atoms with E-state index in [1.54, 1.807) is 61.5 Å². The minimum Gasteiger partial charge on any atom is -0.429 e. The zero-order chi connectivity index (χ0) is 64.3. The van der Waals surface area contributed by atoms with E-state index in [0.29, 0.717) is 50.9 Å². The molecular weight excluding hydrogens is 1140 g/mol. The summed E-state index contributed by atoms with van der Waals surface area (Å²) >= 11 is 0. The first-order chi connectivity index (χ1) is 40.7. The van der Waals surface area contributed by atoms with Crippen LogP contribution in [0.25, 0.3) is 33.4 Å². The molecule has 1 fully saturated rings. The zero-order valence-electron chi connectivity index (χ0n) is 51.7. The van der Waals surface area contributed by atoms with Crippen molar-refractivity contribution < 1.29 is 62.2 Å². The maximum atomic E-state index is 14.8. The van der Waals surface area contributed by atoms with E-state index in [1.807, 2.05) is 25.1 Å². The lowest BCUT2D eigenvalue weighted by Gasteiger charge is -2.26. The van der Waals surface area contributed by atoms with Gasteiger partial charge in [-0.1, -0.05) is 63.9 Å². The first-order valence-electron chi connectivity index (χ1n) is 29.2. The van der Waals surface area contributed by atoms with Crippen molar-refractivity contribution in [2.24, 2.45) is 11.8 Å². The third-order valence-electron chi connectivity index (χ3n) is 16.6. The van der Waals surface area contributed by atoms with Gasteiger partial charge >= 0.3 is 12.2 Å². The SMILES string of the molecule is CCc1cc(C)c(-c2cc(F)c(C(F)(F)Oc3cc(C)c(C)c(F)c3)c(F)c2)c(C)c1.CCc1cc(F)c(C(F)(F)Oc2cc(C)c(-c3cc(C)c(C)c(F)c3)c(C)c2)c(F)c1.Cc1cc(-c2c(C)cc(CC3CCC(C)CC3)cc2C)cc(F)c1F. The number of benzene rings is 8. The highest BCUT2D eigenvalue weighted by atomic mass is 19.3. The van der Waals surface area contributed by atoms with E-state index in [2.05, 4.69) is 37.6 Å². The highest BCUT2D eigenvalue weighted by Crippen LogP contribution is 2.42. The largest absolute Gasteiger partial charge is 0.432 e. The molecule has 9 rings (SSSR count). The lowest BCUT2D eigenvalue weighted by molar-refractivity contribution is -0.190. The lowest BCUT2D eigenvalue weighted by Crippen LogP contribution is -2.25. The summed E-state index contributed by atoms with van der Waals surface area (Å²) in [6, 6.07) is 22.7. The second kappa shape index (κ2) is 27.3. The molecule has 0 radical (unpaired) electrons. The zero-order valence-corrected chi connectivity index (χ0v) is 51.7. The Balaban J connectivity index is 0.000000188. The van der Waals surface area contributed by atoms with Crippen LogP contribution < -0.4 is 9.47 Å². The summed E-state index contributed by atoms with van der Waals surface area (Å²) in [4.78, 5) is 0. The predicted molar refractivity (Wildman–Crippen MR) is 323 cm³/mol.